The van der Waals surface area contributed by atoms with Crippen LogP contribution in [0.15, 0.2) is 10.5 Å². The predicted octanol–water partition coefficient (Wildman–Crippen LogP) is 2.12. The predicted molar refractivity (Wildman–Crippen MR) is 71.9 cm³/mol. The van der Waals surface area contributed by atoms with Crippen LogP contribution in [0.1, 0.15) is 42.9 Å². The second kappa shape index (κ2) is 5.65. The molecule has 19 heavy (non-hydrogen) atoms. The Bertz CT molecular complexity index is 456. The van der Waals surface area contributed by atoms with E-state index >= 15 is 0 Å². The molecule has 2 heterocycles. The van der Waals surface area contributed by atoms with Gasteiger partial charge in [-0.05, 0) is 39.7 Å². The molecule has 1 fully saturated rings. The van der Waals surface area contributed by atoms with Crippen molar-refractivity contribution in [3.05, 3.63) is 23.2 Å². The van der Waals surface area contributed by atoms with Crippen LogP contribution in [0.2, 0.25) is 0 Å². The summed E-state index contributed by atoms with van der Waals surface area (Å²) in [4.78, 5) is 13.9. The van der Waals surface area contributed by atoms with E-state index in [9.17, 15) is 9.90 Å². The number of amides is 2. The number of urea groups is 1. The fourth-order valence-corrected chi connectivity index (χ4v) is 2.72. The number of aryl methyl sites for hydroxylation is 2. The number of hydrogen-bond acceptors (Lipinski definition) is 3. The third-order valence-corrected chi connectivity index (χ3v) is 3.73. The Hall–Kier alpha value is -1.49. The highest BCUT2D eigenvalue weighted by atomic mass is 16.3. The molecule has 0 aliphatic carbocycles. The van der Waals surface area contributed by atoms with Crippen molar-refractivity contribution in [3.63, 3.8) is 0 Å². The minimum absolute atomic E-state index is 0.0334. The molecule has 0 saturated carbocycles. The topological polar surface area (TPSA) is 65.7 Å². The molecule has 0 radical (unpaired) electrons. The zero-order valence-corrected chi connectivity index (χ0v) is 11.8. The van der Waals surface area contributed by atoms with Gasteiger partial charge in [0.2, 0.25) is 0 Å². The van der Waals surface area contributed by atoms with Crippen LogP contribution in [0.5, 0.6) is 0 Å². The maximum atomic E-state index is 12.2. The van der Waals surface area contributed by atoms with E-state index in [2.05, 4.69) is 5.32 Å². The Labute approximate surface area is 113 Å². The summed E-state index contributed by atoms with van der Waals surface area (Å²) in [7, 11) is 0. The molecule has 2 atom stereocenters. The molecule has 2 N–H and O–H groups in total. The summed E-state index contributed by atoms with van der Waals surface area (Å²) in [6.45, 7) is 6.49. The number of furan rings is 1. The van der Waals surface area contributed by atoms with Crippen LogP contribution < -0.4 is 5.32 Å². The van der Waals surface area contributed by atoms with Crippen molar-refractivity contribution in [3.8, 4) is 0 Å². The number of carbonyl (C=O) groups excluding carboxylic acids is 1. The Kier molecular flexibility index (Phi) is 4.14. The standard InChI is InChI=1S/C14H22N2O3/c1-9-7-13(11(3)19-9)10(2)15-14(18)16-6-4-5-12(16)8-17/h7,10,12,17H,4-6,8H2,1-3H3,(H,15,18). The molecular formula is C14H22N2O3. The molecule has 106 valence electrons. The number of nitrogens with zero attached hydrogens (tertiary/aromatic N) is 1. The van der Waals surface area contributed by atoms with E-state index in [0.29, 0.717) is 6.54 Å². The minimum atomic E-state index is -0.109. The molecule has 1 aromatic rings. The molecule has 5 heteroatoms. The third kappa shape index (κ3) is 2.92. The molecule has 0 bridgehead atoms. The molecule has 0 spiro atoms. The Morgan fingerprint density at radius 3 is 2.95 bits per heavy atom. The van der Waals surface area contributed by atoms with E-state index in [4.69, 9.17) is 4.42 Å². The van der Waals surface area contributed by atoms with Crippen LogP contribution in [0, 0.1) is 13.8 Å². The number of hydrogen-bond donors (Lipinski definition) is 2. The molecule has 0 aromatic carbocycles. The van der Waals surface area contributed by atoms with E-state index in [1.54, 1.807) is 4.90 Å². The SMILES string of the molecule is Cc1cc(C(C)NC(=O)N2CCCC2CO)c(C)o1. The summed E-state index contributed by atoms with van der Waals surface area (Å²) in [5.41, 5.74) is 1.01. The van der Waals surface area contributed by atoms with Gasteiger partial charge in [-0.2, -0.15) is 0 Å². The lowest BCUT2D eigenvalue weighted by Gasteiger charge is -2.25. The van der Waals surface area contributed by atoms with E-state index in [0.717, 1.165) is 29.9 Å². The summed E-state index contributed by atoms with van der Waals surface area (Å²) in [5, 5.41) is 12.2. The number of aliphatic hydroxyl groups is 1. The van der Waals surface area contributed by atoms with Gasteiger partial charge in [0.25, 0.3) is 0 Å². The number of carbonyl (C=O) groups is 1. The van der Waals surface area contributed by atoms with Gasteiger partial charge in [0.05, 0.1) is 18.7 Å². The fourth-order valence-electron chi connectivity index (χ4n) is 2.72. The molecule has 2 rings (SSSR count). The third-order valence-electron chi connectivity index (χ3n) is 3.73. The molecule has 1 saturated heterocycles. The van der Waals surface area contributed by atoms with Crippen LogP contribution in [-0.2, 0) is 0 Å². The van der Waals surface area contributed by atoms with Gasteiger partial charge < -0.3 is 19.7 Å². The average Bonchev–Trinajstić information content (AvgIpc) is 2.95. The summed E-state index contributed by atoms with van der Waals surface area (Å²) < 4.78 is 5.48. The first kappa shape index (κ1) is 13.9. The highest BCUT2D eigenvalue weighted by molar-refractivity contribution is 5.75. The lowest BCUT2D eigenvalue weighted by atomic mass is 10.1. The number of aliphatic hydroxyl groups excluding tert-OH is 1. The van der Waals surface area contributed by atoms with Crippen LogP contribution in [0.4, 0.5) is 4.79 Å². The summed E-state index contributed by atoms with van der Waals surface area (Å²) in [6.07, 6.45) is 1.83. The van der Waals surface area contributed by atoms with Gasteiger partial charge in [0.1, 0.15) is 11.5 Å². The fraction of sp³-hybridized carbons (Fsp3) is 0.643. The molecule has 1 aliphatic rings. The van der Waals surface area contributed by atoms with Gasteiger partial charge in [-0.25, -0.2) is 4.79 Å². The zero-order chi connectivity index (χ0) is 14.0. The number of rotatable bonds is 3. The van der Waals surface area contributed by atoms with Gasteiger partial charge in [0, 0.05) is 12.1 Å². The van der Waals surface area contributed by atoms with Gasteiger partial charge in [0.15, 0.2) is 0 Å². The zero-order valence-electron chi connectivity index (χ0n) is 11.8. The first-order valence-electron chi connectivity index (χ1n) is 6.78. The quantitative estimate of drug-likeness (QED) is 0.880. The molecule has 5 nitrogen and oxygen atoms in total. The van der Waals surface area contributed by atoms with Crippen LogP contribution in [0.25, 0.3) is 0 Å². The van der Waals surface area contributed by atoms with E-state index < -0.39 is 0 Å². The van der Waals surface area contributed by atoms with E-state index in [-0.39, 0.29) is 24.7 Å². The second-order valence-corrected chi connectivity index (χ2v) is 5.21. The summed E-state index contributed by atoms with van der Waals surface area (Å²) in [5.74, 6) is 1.69. The largest absolute Gasteiger partial charge is 0.466 e. The lowest BCUT2D eigenvalue weighted by molar-refractivity contribution is 0.155. The van der Waals surface area contributed by atoms with Crippen LogP contribution in [0.3, 0.4) is 0 Å². The van der Waals surface area contributed by atoms with Crippen molar-refractivity contribution in [2.75, 3.05) is 13.2 Å². The maximum absolute atomic E-state index is 12.2. The summed E-state index contributed by atoms with van der Waals surface area (Å²) >= 11 is 0. The molecule has 1 aliphatic heterocycles. The highest BCUT2D eigenvalue weighted by Crippen LogP contribution is 2.22. The van der Waals surface area contributed by atoms with Gasteiger partial charge in [-0.1, -0.05) is 0 Å². The van der Waals surface area contributed by atoms with Crippen molar-refractivity contribution in [1.82, 2.24) is 10.2 Å². The van der Waals surface area contributed by atoms with Crippen LogP contribution in [-0.4, -0.2) is 35.2 Å². The number of nitrogens with one attached hydrogen (secondary N) is 1. The molecular weight excluding hydrogens is 244 g/mol. The van der Waals surface area contributed by atoms with E-state index in [1.165, 1.54) is 0 Å². The minimum Gasteiger partial charge on any atom is -0.466 e. The Morgan fingerprint density at radius 2 is 2.37 bits per heavy atom. The summed E-state index contributed by atoms with van der Waals surface area (Å²) in [6, 6.07) is 1.71. The van der Waals surface area contributed by atoms with Crippen molar-refractivity contribution in [1.29, 1.82) is 0 Å². The Balaban J connectivity index is 2.00. The lowest BCUT2D eigenvalue weighted by Crippen LogP contribution is -2.44. The number of likely N-dealkylation sites (tertiary alicyclic amines) is 1. The van der Waals surface area contributed by atoms with Crippen molar-refractivity contribution < 1.29 is 14.3 Å². The first-order valence-corrected chi connectivity index (χ1v) is 6.78. The normalized spacial score (nSPS) is 20.6. The molecule has 2 amide bonds. The monoisotopic (exact) mass is 266 g/mol. The van der Waals surface area contributed by atoms with Gasteiger partial charge >= 0.3 is 6.03 Å². The Morgan fingerprint density at radius 1 is 1.63 bits per heavy atom. The maximum Gasteiger partial charge on any atom is 0.318 e. The highest BCUT2D eigenvalue weighted by Gasteiger charge is 2.29. The van der Waals surface area contributed by atoms with Gasteiger partial charge in [-0.3, -0.25) is 0 Å². The van der Waals surface area contributed by atoms with Crippen LogP contribution >= 0.6 is 0 Å². The van der Waals surface area contributed by atoms with Crippen molar-refractivity contribution in [2.24, 2.45) is 0 Å². The van der Waals surface area contributed by atoms with E-state index in [1.807, 2.05) is 26.8 Å². The molecule has 2 unspecified atom stereocenters. The molecule has 1 aromatic heterocycles. The first-order chi connectivity index (χ1) is 9.02. The second-order valence-electron chi connectivity index (χ2n) is 5.21. The average molecular weight is 266 g/mol. The van der Waals surface area contributed by atoms with Crippen molar-refractivity contribution >= 4 is 6.03 Å². The smallest absolute Gasteiger partial charge is 0.318 e. The van der Waals surface area contributed by atoms with Crippen molar-refractivity contribution in [2.45, 2.75) is 45.7 Å². The van der Waals surface area contributed by atoms with Gasteiger partial charge in [-0.15, -0.1) is 0 Å².